The van der Waals surface area contributed by atoms with Crippen molar-refractivity contribution in [2.75, 3.05) is 17.7 Å². The third kappa shape index (κ3) is 5.04. The molecular weight excluding hydrogens is 417 g/mol. The monoisotopic (exact) mass is 433 g/mol. The number of benzene rings is 2. The highest BCUT2D eigenvalue weighted by molar-refractivity contribution is 6.35. The average molecular weight is 434 g/mol. The first-order valence-corrected chi connectivity index (χ1v) is 9.23. The number of rotatable bonds is 6. The number of hydrogen-bond donors (Lipinski definition) is 2. The largest absolute Gasteiger partial charge is 0.497 e. The predicted molar refractivity (Wildman–Crippen MR) is 111 cm³/mol. The van der Waals surface area contributed by atoms with Crippen LogP contribution in [0.25, 0.3) is 0 Å². The maximum atomic E-state index is 12.5. The van der Waals surface area contributed by atoms with Gasteiger partial charge in [0.25, 0.3) is 5.91 Å². The maximum Gasteiger partial charge on any atom is 0.278 e. The molecule has 10 heteroatoms. The molecule has 2 amide bonds. The highest BCUT2D eigenvalue weighted by Crippen LogP contribution is 2.26. The van der Waals surface area contributed by atoms with Crippen LogP contribution in [0.5, 0.6) is 5.75 Å². The first kappa shape index (κ1) is 20.6. The van der Waals surface area contributed by atoms with Gasteiger partial charge in [0.2, 0.25) is 5.91 Å². The van der Waals surface area contributed by atoms with E-state index in [-0.39, 0.29) is 18.1 Å². The summed E-state index contributed by atoms with van der Waals surface area (Å²) in [5.41, 5.74) is 1.45. The quantitative estimate of drug-likeness (QED) is 0.615. The summed E-state index contributed by atoms with van der Waals surface area (Å²) in [5, 5.41) is 13.9. The Morgan fingerprint density at radius 2 is 1.93 bits per heavy atom. The first-order chi connectivity index (χ1) is 13.9. The second-order valence-corrected chi connectivity index (χ2v) is 6.88. The minimum absolute atomic E-state index is 0.0789. The fraction of sp³-hybridized carbons (Fsp3) is 0.158. The summed E-state index contributed by atoms with van der Waals surface area (Å²) < 4.78 is 6.46. The van der Waals surface area contributed by atoms with Gasteiger partial charge in [0.1, 0.15) is 12.3 Å². The van der Waals surface area contributed by atoms with Gasteiger partial charge in [-0.15, -0.1) is 5.10 Å². The third-order valence-corrected chi connectivity index (χ3v) is 4.59. The Morgan fingerprint density at radius 3 is 2.69 bits per heavy atom. The zero-order valence-corrected chi connectivity index (χ0v) is 17.1. The van der Waals surface area contributed by atoms with Crippen LogP contribution in [-0.2, 0) is 11.3 Å². The lowest BCUT2D eigenvalue weighted by Crippen LogP contribution is -2.21. The topological polar surface area (TPSA) is 98.1 Å². The van der Waals surface area contributed by atoms with E-state index in [2.05, 4.69) is 20.9 Å². The van der Waals surface area contributed by atoms with E-state index >= 15 is 0 Å². The van der Waals surface area contributed by atoms with Gasteiger partial charge in [-0.05, 0) is 37.3 Å². The molecule has 0 bridgehead atoms. The SMILES string of the molecule is COc1cccc(NC(=O)Cn2nnc(C(=O)Nc3cc(Cl)ccc3Cl)c2C)c1. The van der Waals surface area contributed by atoms with Crippen molar-refractivity contribution in [3.63, 3.8) is 0 Å². The van der Waals surface area contributed by atoms with Crippen LogP contribution in [0.3, 0.4) is 0 Å². The molecular formula is C19H17Cl2N5O3. The molecule has 3 rings (SSSR count). The molecule has 2 aromatic carbocycles. The van der Waals surface area contributed by atoms with Gasteiger partial charge in [-0.25, -0.2) is 4.68 Å². The van der Waals surface area contributed by atoms with E-state index in [1.807, 2.05) is 0 Å². The minimum atomic E-state index is -0.508. The fourth-order valence-corrected chi connectivity index (χ4v) is 2.87. The molecule has 0 fully saturated rings. The molecule has 150 valence electrons. The van der Waals surface area contributed by atoms with Crippen LogP contribution >= 0.6 is 23.2 Å². The van der Waals surface area contributed by atoms with Gasteiger partial charge in [0.05, 0.1) is 23.5 Å². The second kappa shape index (κ2) is 8.93. The van der Waals surface area contributed by atoms with Crippen LogP contribution in [-0.4, -0.2) is 33.9 Å². The summed E-state index contributed by atoms with van der Waals surface area (Å²) >= 11 is 12.0. The molecule has 0 atom stereocenters. The summed E-state index contributed by atoms with van der Waals surface area (Å²) in [4.78, 5) is 24.8. The maximum absolute atomic E-state index is 12.5. The lowest BCUT2D eigenvalue weighted by Gasteiger charge is -2.08. The lowest BCUT2D eigenvalue weighted by atomic mass is 10.2. The number of hydrogen-bond acceptors (Lipinski definition) is 5. The van der Waals surface area contributed by atoms with Crippen molar-refractivity contribution < 1.29 is 14.3 Å². The van der Waals surface area contributed by atoms with Gasteiger partial charge in [-0.3, -0.25) is 9.59 Å². The van der Waals surface area contributed by atoms with Crippen LogP contribution in [0.2, 0.25) is 10.0 Å². The summed E-state index contributed by atoms with van der Waals surface area (Å²) in [7, 11) is 1.54. The van der Waals surface area contributed by atoms with Crippen molar-refractivity contribution in [3.8, 4) is 5.75 Å². The van der Waals surface area contributed by atoms with Crippen molar-refractivity contribution in [1.82, 2.24) is 15.0 Å². The van der Waals surface area contributed by atoms with E-state index in [0.717, 1.165) is 0 Å². The number of carbonyl (C=O) groups excluding carboxylic acids is 2. The molecule has 8 nitrogen and oxygen atoms in total. The van der Waals surface area contributed by atoms with Crippen molar-refractivity contribution >= 4 is 46.4 Å². The average Bonchev–Trinajstić information content (AvgIpc) is 3.05. The van der Waals surface area contributed by atoms with E-state index < -0.39 is 5.91 Å². The van der Waals surface area contributed by atoms with Crippen molar-refractivity contribution in [2.24, 2.45) is 0 Å². The molecule has 0 spiro atoms. The number of aromatic nitrogens is 3. The molecule has 0 unspecified atom stereocenters. The van der Waals surface area contributed by atoms with E-state index in [9.17, 15) is 9.59 Å². The van der Waals surface area contributed by atoms with Crippen molar-refractivity contribution in [3.05, 3.63) is 63.9 Å². The minimum Gasteiger partial charge on any atom is -0.497 e. The van der Waals surface area contributed by atoms with Gasteiger partial charge in [-0.1, -0.05) is 34.5 Å². The molecule has 0 saturated heterocycles. The Morgan fingerprint density at radius 1 is 1.14 bits per heavy atom. The molecule has 29 heavy (non-hydrogen) atoms. The Balaban J connectivity index is 1.69. The summed E-state index contributed by atoms with van der Waals surface area (Å²) in [6, 6.07) is 11.7. The number of nitrogens with zero attached hydrogens (tertiary/aromatic N) is 3. The number of anilines is 2. The third-order valence-electron chi connectivity index (χ3n) is 4.02. The van der Waals surface area contributed by atoms with E-state index in [1.54, 1.807) is 50.4 Å². The van der Waals surface area contributed by atoms with Crippen LogP contribution in [0, 0.1) is 6.92 Å². The van der Waals surface area contributed by atoms with E-state index in [1.165, 1.54) is 10.7 Å². The Kier molecular flexibility index (Phi) is 6.36. The molecule has 0 aliphatic rings. The lowest BCUT2D eigenvalue weighted by molar-refractivity contribution is -0.117. The normalized spacial score (nSPS) is 10.5. The van der Waals surface area contributed by atoms with Crippen LogP contribution < -0.4 is 15.4 Å². The van der Waals surface area contributed by atoms with Crippen LogP contribution in [0.15, 0.2) is 42.5 Å². The van der Waals surface area contributed by atoms with Gasteiger partial charge in [0, 0.05) is 16.8 Å². The van der Waals surface area contributed by atoms with Gasteiger partial charge < -0.3 is 15.4 Å². The zero-order valence-electron chi connectivity index (χ0n) is 15.6. The summed E-state index contributed by atoms with van der Waals surface area (Å²) in [6.45, 7) is 1.54. The highest BCUT2D eigenvalue weighted by Gasteiger charge is 2.19. The molecule has 0 aliphatic carbocycles. The number of methoxy groups -OCH3 is 1. The predicted octanol–water partition coefficient (Wildman–Crippen LogP) is 3.79. The molecule has 0 aliphatic heterocycles. The second-order valence-electron chi connectivity index (χ2n) is 6.04. The van der Waals surface area contributed by atoms with Crippen molar-refractivity contribution in [1.29, 1.82) is 0 Å². The van der Waals surface area contributed by atoms with Gasteiger partial charge in [-0.2, -0.15) is 0 Å². The van der Waals surface area contributed by atoms with Crippen LogP contribution in [0.4, 0.5) is 11.4 Å². The molecule has 1 aromatic heterocycles. The number of amides is 2. The summed E-state index contributed by atoms with van der Waals surface area (Å²) in [6.07, 6.45) is 0. The van der Waals surface area contributed by atoms with Gasteiger partial charge in [0.15, 0.2) is 5.69 Å². The number of ether oxygens (including phenoxy) is 1. The number of nitrogens with one attached hydrogen (secondary N) is 2. The smallest absolute Gasteiger partial charge is 0.278 e. The molecule has 2 N–H and O–H groups in total. The van der Waals surface area contributed by atoms with E-state index in [4.69, 9.17) is 27.9 Å². The Bertz CT molecular complexity index is 1070. The molecule has 3 aromatic rings. The first-order valence-electron chi connectivity index (χ1n) is 8.47. The molecule has 1 heterocycles. The van der Waals surface area contributed by atoms with E-state index in [0.29, 0.717) is 32.9 Å². The fourth-order valence-electron chi connectivity index (χ4n) is 2.53. The van der Waals surface area contributed by atoms with Gasteiger partial charge >= 0.3 is 0 Å². The number of halogens is 2. The standard InChI is InChI=1S/C19H17Cl2N5O3/c1-11-18(19(28)23-16-8-12(20)6-7-15(16)21)24-25-26(11)10-17(27)22-13-4-3-5-14(9-13)29-2/h3-9H,10H2,1-2H3,(H,22,27)(H,23,28). The highest BCUT2D eigenvalue weighted by atomic mass is 35.5. The molecule has 0 saturated carbocycles. The Labute approximate surface area is 176 Å². The summed E-state index contributed by atoms with van der Waals surface area (Å²) in [5.74, 6) is -0.208. The zero-order chi connectivity index (χ0) is 21.0. The Hall–Kier alpha value is -3.10. The van der Waals surface area contributed by atoms with Crippen LogP contribution in [0.1, 0.15) is 16.2 Å². The molecule has 0 radical (unpaired) electrons. The van der Waals surface area contributed by atoms with Crippen molar-refractivity contribution in [2.45, 2.75) is 13.5 Å². The number of carbonyl (C=O) groups is 2.